The summed E-state index contributed by atoms with van der Waals surface area (Å²) in [5.41, 5.74) is 2.62. The Bertz CT molecular complexity index is 919. The third kappa shape index (κ3) is 4.16. The van der Waals surface area contributed by atoms with Gasteiger partial charge in [0.25, 0.3) is 0 Å². The van der Waals surface area contributed by atoms with E-state index in [2.05, 4.69) is 10.1 Å². The molecular weight excluding hydrogens is 360 g/mol. The Balaban J connectivity index is 1.40. The Kier molecular flexibility index (Phi) is 4.67. The van der Waals surface area contributed by atoms with E-state index in [1.54, 1.807) is 12.3 Å². The summed E-state index contributed by atoms with van der Waals surface area (Å²) in [6.45, 7) is 0.794. The Hall–Kier alpha value is -2.35. The highest BCUT2D eigenvalue weighted by molar-refractivity contribution is 5.95. The second-order valence-corrected chi connectivity index (χ2v) is 7.18. The Morgan fingerprint density at radius 2 is 1.96 bits per heavy atom. The average Bonchev–Trinajstić information content (AvgIpc) is 3.21. The van der Waals surface area contributed by atoms with Crippen molar-refractivity contribution in [1.82, 2.24) is 19.7 Å². The number of hydrogen-bond acceptors (Lipinski definition) is 2. The van der Waals surface area contributed by atoms with Crippen molar-refractivity contribution in [1.29, 1.82) is 0 Å². The van der Waals surface area contributed by atoms with Gasteiger partial charge in [-0.2, -0.15) is 18.3 Å². The fraction of sp³-hybridized carbons (Fsp3) is 0.421. The van der Waals surface area contributed by atoms with Crippen LogP contribution < -0.4 is 0 Å². The quantitative estimate of drug-likeness (QED) is 0.679. The third-order valence-electron chi connectivity index (χ3n) is 5.14. The van der Waals surface area contributed by atoms with E-state index in [0.29, 0.717) is 25.6 Å². The van der Waals surface area contributed by atoms with Crippen LogP contribution in [0.3, 0.4) is 0 Å². The molecule has 0 amide bonds. The minimum absolute atomic E-state index is 0.288. The van der Waals surface area contributed by atoms with Crippen molar-refractivity contribution in [3.8, 4) is 11.1 Å². The van der Waals surface area contributed by atoms with Gasteiger partial charge in [-0.1, -0.05) is 0 Å². The zero-order valence-electron chi connectivity index (χ0n) is 14.6. The molecule has 4 rings (SSSR count). The molecule has 0 unspecified atom stereocenters. The van der Waals surface area contributed by atoms with Gasteiger partial charge in [0.1, 0.15) is 5.82 Å². The number of aromatic nitrogens is 3. The van der Waals surface area contributed by atoms with Gasteiger partial charge in [0.05, 0.1) is 12.7 Å². The van der Waals surface area contributed by atoms with Crippen LogP contribution >= 0.6 is 0 Å². The summed E-state index contributed by atoms with van der Waals surface area (Å²) in [6, 6.07) is 4.63. The minimum atomic E-state index is -4.13. The zero-order chi connectivity index (χ0) is 19.0. The average molecular weight is 380 g/mol. The zero-order valence-corrected chi connectivity index (χ0v) is 14.6. The molecular formula is C19H20F4N4. The SMILES string of the molecule is Fc1ccc2c(-c3cnn(CC4CCN(CC(F)(F)F)CC4)c3)c[nH]c2c1. The van der Waals surface area contributed by atoms with Crippen molar-refractivity contribution in [3.05, 3.63) is 42.6 Å². The smallest absolute Gasteiger partial charge is 0.360 e. The summed E-state index contributed by atoms with van der Waals surface area (Å²) in [4.78, 5) is 4.54. The molecule has 1 aromatic carbocycles. The summed E-state index contributed by atoms with van der Waals surface area (Å²) in [6.07, 6.45) is 2.88. The third-order valence-corrected chi connectivity index (χ3v) is 5.14. The van der Waals surface area contributed by atoms with Crippen LogP contribution in [0.25, 0.3) is 22.0 Å². The van der Waals surface area contributed by atoms with Gasteiger partial charge in [0.2, 0.25) is 0 Å². The molecule has 1 aliphatic rings. The first-order chi connectivity index (χ1) is 12.9. The van der Waals surface area contributed by atoms with Crippen LogP contribution in [0.2, 0.25) is 0 Å². The predicted octanol–water partition coefficient (Wildman–Crippen LogP) is 4.44. The Labute approximate surface area is 153 Å². The standard InChI is InChI=1S/C19H20F4N4/c20-15-1-2-16-17(9-24-18(16)7-15)14-8-25-27(11-14)10-13-3-5-26(6-4-13)12-19(21,22)23/h1-2,7-9,11,13,24H,3-6,10,12H2. The number of nitrogens with zero attached hydrogens (tertiary/aromatic N) is 3. The van der Waals surface area contributed by atoms with E-state index >= 15 is 0 Å². The first-order valence-corrected chi connectivity index (χ1v) is 8.96. The van der Waals surface area contributed by atoms with Crippen molar-refractivity contribution < 1.29 is 17.6 Å². The lowest BCUT2D eigenvalue weighted by Gasteiger charge is -2.32. The van der Waals surface area contributed by atoms with Crippen molar-refractivity contribution in [2.75, 3.05) is 19.6 Å². The van der Waals surface area contributed by atoms with Crippen molar-refractivity contribution in [3.63, 3.8) is 0 Å². The number of rotatable bonds is 4. The minimum Gasteiger partial charge on any atom is -0.360 e. The largest absolute Gasteiger partial charge is 0.401 e. The summed E-state index contributed by atoms with van der Waals surface area (Å²) in [5, 5.41) is 5.33. The van der Waals surface area contributed by atoms with E-state index in [4.69, 9.17) is 0 Å². The lowest BCUT2D eigenvalue weighted by molar-refractivity contribution is -0.148. The topological polar surface area (TPSA) is 36.9 Å². The fourth-order valence-electron chi connectivity index (χ4n) is 3.78. The first-order valence-electron chi connectivity index (χ1n) is 8.96. The van der Waals surface area contributed by atoms with Crippen LogP contribution in [-0.4, -0.2) is 45.5 Å². The van der Waals surface area contributed by atoms with Crippen LogP contribution in [0.15, 0.2) is 36.8 Å². The highest BCUT2D eigenvalue weighted by Gasteiger charge is 2.32. The van der Waals surface area contributed by atoms with E-state index < -0.39 is 12.7 Å². The predicted molar refractivity (Wildman–Crippen MR) is 94.7 cm³/mol. The molecule has 27 heavy (non-hydrogen) atoms. The van der Waals surface area contributed by atoms with Gasteiger partial charge in [-0.25, -0.2) is 4.39 Å². The van der Waals surface area contributed by atoms with Gasteiger partial charge in [0, 0.05) is 41.0 Å². The van der Waals surface area contributed by atoms with Crippen LogP contribution in [-0.2, 0) is 6.54 Å². The van der Waals surface area contributed by atoms with Gasteiger partial charge < -0.3 is 4.98 Å². The number of piperidine rings is 1. The van der Waals surface area contributed by atoms with Crippen molar-refractivity contribution >= 4 is 10.9 Å². The maximum absolute atomic E-state index is 13.3. The summed E-state index contributed by atoms with van der Waals surface area (Å²) >= 11 is 0. The van der Waals surface area contributed by atoms with Crippen LogP contribution in [0.5, 0.6) is 0 Å². The van der Waals surface area contributed by atoms with Gasteiger partial charge in [-0.15, -0.1) is 0 Å². The van der Waals surface area contributed by atoms with Gasteiger partial charge >= 0.3 is 6.18 Å². The molecule has 0 saturated carbocycles. The molecule has 144 valence electrons. The molecule has 0 radical (unpaired) electrons. The molecule has 3 heterocycles. The van der Waals surface area contributed by atoms with Gasteiger partial charge in [-0.3, -0.25) is 9.58 Å². The number of benzene rings is 1. The van der Waals surface area contributed by atoms with Crippen LogP contribution in [0.1, 0.15) is 12.8 Å². The van der Waals surface area contributed by atoms with E-state index in [1.165, 1.54) is 17.0 Å². The number of alkyl halides is 3. The number of nitrogens with one attached hydrogen (secondary N) is 1. The number of H-pyrrole nitrogens is 1. The van der Waals surface area contributed by atoms with E-state index in [1.807, 2.05) is 17.1 Å². The molecule has 0 spiro atoms. The molecule has 0 aliphatic carbocycles. The van der Waals surface area contributed by atoms with E-state index in [-0.39, 0.29) is 5.82 Å². The number of halogens is 4. The molecule has 4 nitrogen and oxygen atoms in total. The summed E-state index contributed by atoms with van der Waals surface area (Å²) in [7, 11) is 0. The summed E-state index contributed by atoms with van der Waals surface area (Å²) < 4.78 is 52.6. The number of likely N-dealkylation sites (tertiary alicyclic amines) is 1. The van der Waals surface area contributed by atoms with Gasteiger partial charge in [-0.05, 0) is 50.0 Å². The number of hydrogen-bond donors (Lipinski definition) is 1. The second kappa shape index (κ2) is 6.99. The molecule has 0 bridgehead atoms. The molecule has 1 aliphatic heterocycles. The second-order valence-electron chi connectivity index (χ2n) is 7.18. The lowest BCUT2D eigenvalue weighted by atomic mass is 9.97. The highest BCUT2D eigenvalue weighted by Crippen LogP contribution is 2.29. The Morgan fingerprint density at radius 1 is 1.19 bits per heavy atom. The molecule has 1 N–H and O–H groups in total. The molecule has 1 fully saturated rings. The van der Waals surface area contributed by atoms with Crippen molar-refractivity contribution in [2.24, 2.45) is 5.92 Å². The Morgan fingerprint density at radius 3 is 2.70 bits per heavy atom. The lowest BCUT2D eigenvalue weighted by Crippen LogP contribution is -2.40. The monoisotopic (exact) mass is 380 g/mol. The molecule has 2 aromatic heterocycles. The molecule has 8 heteroatoms. The maximum atomic E-state index is 13.3. The fourth-order valence-corrected chi connectivity index (χ4v) is 3.78. The molecule has 1 saturated heterocycles. The van der Waals surface area contributed by atoms with E-state index in [0.717, 1.165) is 34.9 Å². The highest BCUT2D eigenvalue weighted by atomic mass is 19.4. The summed E-state index contributed by atoms with van der Waals surface area (Å²) in [5.74, 6) is 0.0303. The maximum Gasteiger partial charge on any atom is 0.401 e. The number of aromatic amines is 1. The molecule has 3 aromatic rings. The normalized spacial score (nSPS) is 17.0. The van der Waals surface area contributed by atoms with Crippen molar-refractivity contribution in [2.45, 2.75) is 25.6 Å². The van der Waals surface area contributed by atoms with E-state index in [9.17, 15) is 17.6 Å². The first kappa shape index (κ1) is 18.0. The van der Waals surface area contributed by atoms with Crippen LogP contribution in [0.4, 0.5) is 17.6 Å². The number of fused-ring (bicyclic) bond motifs is 1. The molecule has 0 atom stereocenters. The van der Waals surface area contributed by atoms with Crippen LogP contribution in [0, 0.1) is 11.7 Å². The van der Waals surface area contributed by atoms with Gasteiger partial charge in [0.15, 0.2) is 0 Å².